The van der Waals surface area contributed by atoms with Crippen LogP contribution in [-0.4, -0.2) is 58.9 Å². The summed E-state index contributed by atoms with van der Waals surface area (Å²) in [6.07, 6.45) is 4.25. The highest BCUT2D eigenvalue weighted by Crippen LogP contribution is 2.15. The lowest BCUT2D eigenvalue weighted by Gasteiger charge is -2.37. The second-order valence-electron chi connectivity index (χ2n) is 7.06. The zero-order valence-electron chi connectivity index (χ0n) is 16.4. The van der Waals surface area contributed by atoms with Gasteiger partial charge in [0, 0.05) is 44.1 Å². The van der Waals surface area contributed by atoms with Crippen LogP contribution in [0.15, 0.2) is 48.8 Å². The minimum Gasteiger partial charge on any atom is -0.340 e. The van der Waals surface area contributed by atoms with E-state index >= 15 is 0 Å². The van der Waals surface area contributed by atoms with Crippen molar-refractivity contribution in [1.29, 1.82) is 0 Å². The maximum atomic E-state index is 13.2. The van der Waals surface area contributed by atoms with Crippen LogP contribution < -0.4 is 10.2 Å². The van der Waals surface area contributed by atoms with Gasteiger partial charge in [0.2, 0.25) is 11.9 Å². The highest BCUT2D eigenvalue weighted by atomic mass is 16.2. The molecule has 0 radical (unpaired) electrons. The number of nitrogens with zero attached hydrogens (tertiary/aromatic N) is 4. The molecule has 7 heteroatoms. The van der Waals surface area contributed by atoms with E-state index in [1.807, 2.05) is 36.9 Å². The first kappa shape index (κ1) is 19.8. The summed E-state index contributed by atoms with van der Waals surface area (Å²) >= 11 is 0. The molecule has 1 fully saturated rings. The Hall–Kier alpha value is -2.96. The molecule has 0 unspecified atom stereocenters. The summed E-state index contributed by atoms with van der Waals surface area (Å²) in [5.74, 6) is 0.504. The number of amides is 2. The average molecular weight is 381 g/mol. The Morgan fingerprint density at radius 2 is 1.68 bits per heavy atom. The van der Waals surface area contributed by atoms with Crippen molar-refractivity contribution in [3.05, 3.63) is 54.4 Å². The van der Waals surface area contributed by atoms with E-state index in [-0.39, 0.29) is 17.7 Å². The lowest BCUT2D eigenvalue weighted by Crippen LogP contribution is -2.57. The first-order chi connectivity index (χ1) is 13.6. The van der Waals surface area contributed by atoms with Gasteiger partial charge in [-0.1, -0.05) is 38.5 Å². The summed E-state index contributed by atoms with van der Waals surface area (Å²) in [7, 11) is 0. The summed E-state index contributed by atoms with van der Waals surface area (Å²) in [5, 5.41) is 2.96. The van der Waals surface area contributed by atoms with Crippen molar-refractivity contribution in [3.63, 3.8) is 0 Å². The summed E-state index contributed by atoms with van der Waals surface area (Å²) in [4.78, 5) is 38.2. The van der Waals surface area contributed by atoms with Crippen LogP contribution in [0, 0.1) is 5.92 Å². The van der Waals surface area contributed by atoms with E-state index in [0.29, 0.717) is 37.7 Å². The second kappa shape index (κ2) is 9.30. The van der Waals surface area contributed by atoms with Crippen molar-refractivity contribution in [2.24, 2.45) is 5.92 Å². The number of rotatable bonds is 6. The van der Waals surface area contributed by atoms with E-state index in [0.717, 1.165) is 6.42 Å². The number of benzene rings is 1. The summed E-state index contributed by atoms with van der Waals surface area (Å²) in [6, 6.07) is 10.3. The van der Waals surface area contributed by atoms with Gasteiger partial charge in [-0.05, 0) is 24.1 Å². The second-order valence-corrected chi connectivity index (χ2v) is 7.06. The average Bonchev–Trinajstić information content (AvgIpc) is 2.77. The lowest BCUT2D eigenvalue weighted by molar-refractivity contribution is -0.134. The predicted octanol–water partition coefficient (Wildman–Crippen LogP) is 1.97. The van der Waals surface area contributed by atoms with E-state index in [9.17, 15) is 9.59 Å². The van der Waals surface area contributed by atoms with Crippen molar-refractivity contribution in [2.75, 3.05) is 31.1 Å². The van der Waals surface area contributed by atoms with Crippen LogP contribution in [-0.2, 0) is 4.79 Å². The minimum absolute atomic E-state index is 0.0211. The zero-order chi connectivity index (χ0) is 19.9. The smallest absolute Gasteiger partial charge is 0.251 e. The van der Waals surface area contributed by atoms with Crippen molar-refractivity contribution < 1.29 is 9.59 Å². The van der Waals surface area contributed by atoms with E-state index in [1.54, 1.807) is 30.6 Å². The predicted molar refractivity (Wildman–Crippen MR) is 108 cm³/mol. The van der Waals surface area contributed by atoms with Crippen molar-refractivity contribution in [2.45, 2.75) is 26.3 Å². The van der Waals surface area contributed by atoms with Gasteiger partial charge in [0.1, 0.15) is 6.04 Å². The molecule has 2 atom stereocenters. The Kier molecular flexibility index (Phi) is 6.57. The molecule has 0 spiro atoms. The van der Waals surface area contributed by atoms with Gasteiger partial charge in [-0.2, -0.15) is 0 Å². The highest BCUT2D eigenvalue weighted by molar-refractivity contribution is 5.97. The molecule has 1 aromatic heterocycles. The Labute approximate surface area is 165 Å². The fourth-order valence-electron chi connectivity index (χ4n) is 3.28. The first-order valence-corrected chi connectivity index (χ1v) is 9.76. The third kappa shape index (κ3) is 4.65. The van der Waals surface area contributed by atoms with Crippen molar-refractivity contribution in [3.8, 4) is 0 Å². The molecule has 0 aliphatic carbocycles. The third-order valence-corrected chi connectivity index (χ3v) is 5.23. The van der Waals surface area contributed by atoms with Gasteiger partial charge in [0.25, 0.3) is 5.91 Å². The third-order valence-electron chi connectivity index (χ3n) is 5.23. The Bertz CT molecular complexity index is 776. The van der Waals surface area contributed by atoms with E-state index in [2.05, 4.69) is 20.2 Å². The van der Waals surface area contributed by atoms with Crippen LogP contribution in [0.2, 0.25) is 0 Å². The highest BCUT2D eigenvalue weighted by Gasteiger charge is 2.32. The quantitative estimate of drug-likeness (QED) is 0.828. The first-order valence-electron chi connectivity index (χ1n) is 9.76. The summed E-state index contributed by atoms with van der Waals surface area (Å²) in [5.41, 5.74) is 0.564. The Morgan fingerprint density at radius 1 is 1.04 bits per heavy atom. The van der Waals surface area contributed by atoms with Gasteiger partial charge in [-0.25, -0.2) is 9.97 Å². The number of carbonyl (C=O) groups excluding carboxylic acids is 2. The monoisotopic (exact) mass is 381 g/mol. The van der Waals surface area contributed by atoms with Crippen LogP contribution in [0.5, 0.6) is 0 Å². The molecule has 1 aliphatic rings. The molecule has 0 bridgehead atoms. The molecule has 2 heterocycles. The van der Waals surface area contributed by atoms with Crippen LogP contribution in [0.1, 0.15) is 30.6 Å². The minimum atomic E-state index is -0.530. The van der Waals surface area contributed by atoms with Crippen LogP contribution >= 0.6 is 0 Å². The Balaban J connectivity index is 1.64. The van der Waals surface area contributed by atoms with Crippen molar-refractivity contribution >= 4 is 17.8 Å². The standard InChI is InChI=1S/C21H27N5O2/c1-3-16(2)18(24-19(27)17-8-5-4-6-9-17)20(28)25-12-14-26(15-13-25)21-22-10-7-11-23-21/h4-11,16,18H,3,12-15H2,1-2H3,(H,24,27)/t16-,18-/m0/s1. The van der Waals surface area contributed by atoms with Gasteiger partial charge in [0.15, 0.2) is 0 Å². The molecule has 1 aliphatic heterocycles. The van der Waals surface area contributed by atoms with Crippen molar-refractivity contribution in [1.82, 2.24) is 20.2 Å². The van der Waals surface area contributed by atoms with Gasteiger partial charge in [-0.15, -0.1) is 0 Å². The molecule has 2 amide bonds. The molecular weight excluding hydrogens is 354 g/mol. The largest absolute Gasteiger partial charge is 0.340 e. The number of carbonyl (C=O) groups is 2. The van der Waals surface area contributed by atoms with E-state index in [1.165, 1.54) is 0 Å². The SMILES string of the molecule is CC[C@H](C)[C@H](NC(=O)c1ccccc1)C(=O)N1CCN(c2ncccn2)CC1. The van der Waals surface area contributed by atoms with Gasteiger partial charge in [0.05, 0.1) is 0 Å². The molecular formula is C21H27N5O2. The van der Waals surface area contributed by atoms with Gasteiger partial charge < -0.3 is 15.1 Å². The topological polar surface area (TPSA) is 78.4 Å². The van der Waals surface area contributed by atoms with Crippen LogP contribution in [0.25, 0.3) is 0 Å². The number of piperazine rings is 1. The molecule has 2 aromatic rings. The number of hydrogen-bond acceptors (Lipinski definition) is 5. The number of aromatic nitrogens is 2. The normalized spacial score (nSPS) is 16.4. The molecule has 1 N–H and O–H groups in total. The van der Waals surface area contributed by atoms with Gasteiger partial charge >= 0.3 is 0 Å². The number of nitrogens with one attached hydrogen (secondary N) is 1. The maximum absolute atomic E-state index is 13.2. The molecule has 1 saturated heterocycles. The van der Waals surface area contributed by atoms with Crippen LogP contribution in [0.3, 0.4) is 0 Å². The molecule has 1 aromatic carbocycles. The lowest BCUT2D eigenvalue weighted by atomic mass is 9.97. The van der Waals surface area contributed by atoms with E-state index in [4.69, 9.17) is 0 Å². The molecule has 3 rings (SSSR count). The number of anilines is 1. The fraction of sp³-hybridized carbons (Fsp3) is 0.429. The molecule has 7 nitrogen and oxygen atoms in total. The number of hydrogen-bond donors (Lipinski definition) is 1. The summed E-state index contributed by atoms with van der Waals surface area (Å²) < 4.78 is 0. The molecule has 148 valence electrons. The maximum Gasteiger partial charge on any atom is 0.251 e. The van der Waals surface area contributed by atoms with E-state index < -0.39 is 6.04 Å². The molecule has 28 heavy (non-hydrogen) atoms. The van der Waals surface area contributed by atoms with Gasteiger partial charge in [-0.3, -0.25) is 9.59 Å². The van der Waals surface area contributed by atoms with Crippen LogP contribution in [0.4, 0.5) is 5.95 Å². The summed E-state index contributed by atoms with van der Waals surface area (Å²) in [6.45, 7) is 6.56. The zero-order valence-corrected chi connectivity index (χ0v) is 16.4. The molecule has 0 saturated carbocycles. The Morgan fingerprint density at radius 3 is 2.29 bits per heavy atom. The fourth-order valence-corrected chi connectivity index (χ4v) is 3.28.